The molecular weight excluding hydrogens is 268 g/mol. The lowest BCUT2D eigenvalue weighted by Gasteiger charge is -2.31. The van der Waals surface area contributed by atoms with Gasteiger partial charge in [0.2, 0.25) is 5.91 Å². The number of rotatable bonds is 5. The van der Waals surface area contributed by atoms with Crippen LogP contribution in [0.15, 0.2) is 18.2 Å². The van der Waals surface area contributed by atoms with E-state index in [1.54, 1.807) is 17.0 Å². The van der Waals surface area contributed by atoms with E-state index in [0.717, 1.165) is 24.0 Å². The maximum absolute atomic E-state index is 12.3. The number of nitrogens with two attached hydrogens (primary N) is 1. The average Bonchev–Trinajstić information content (AvgIpc) is 2.50. The summed E-state index contributed by atoms with van der Waals surface area (Å²) in [6.45, 7) is 3.06. The number of carbonyl (C=O) groups excluding carboxylic acids is 1. The number of hydrogen-bond acceptors (Lipinski definition) is 3. The maximum Gasteiger partial charge on any atom is 0.335 e. The molecule has 0 aliphatic carbocycles. The fourth-order valence-corrected chi connectivity index (χ4v) is 2.78. The summed E-state index contributed by atoms with van der Waals surface area (Å²) in [5.74, 6) is -0.943. The number of carboxylic acid groups (broad SMARTS) is 1. The van der Waals surface area contributed by atoms with Crippen molar-refractivity contribution in [3.05, 3.63) is 34.9 Å². The molecule has 1 aliphatic rings. The summed E-state index contributed by atoms with van der Waals surface area (Å²) >= 11 is 0. The van der Waals surface area contributed by atoms with Gasteiger partial charge in [0.1, 0.15) is 0 Å². The monoisotopic (exact) mass is 290 g/mol. The zero-order valence-electron chi connectivity index (χ0n) is 12.3. The molecule has 1 heterocycles. The minimum atomic E-state index is -0.911. The Balaban J connectivity index is 2.11. The van der Waals surface area contributed by atoms with Gasteiger partial charge < -0.3 is 15.7 Å². The van der Waals surface area contributed by atoms with Crippen LogP contribution in [0.2, 0.25) is 0 Å². The van der Waals surface area contributed by atoms with Gasteiger partial charge in [-0.05, 0) is 30.0 Å². The first-order chi connectivity index (χ1) is 10.0. The first-order valence-electron chi connectivity index (χ1n) is 7.43. The molecule has 1 atom stereocenters. The standard InChI is InChI=1S/C16H22N2O3/c1-2-3-7-14(17)15(19)18-9-8-12-11(10-18)5-4-6-13(12)16(20)21/h4-6,14H,2-3,7-10,17H2,1H3,(H,20,21)/t14-/m0/s1. The predicted octanol–water partition coefficient (Wildman–Crippen LogP) is 1.79. The topological polar surface area (TPSA) is 83.6 Å². The van der Waals surface area contributed by atoms with Gasteiger partial charge in [-0.1, -0.05) is 31.9 Å². The molecule has 0 aromatic heterocycles. The van der Waals surface area contributed by atoms with E-state index in [1.807, 2.05) is 6.07 Å². The van der Waals surface area contributed by atoms with Gasteiger partial charge in [-0.2, -0.15) is 0 Å². The van der Waals surface area contributed by atoms with Crippen molar-refractivity contribution in [3.8, 4) is 0 Å². The average molecular weight is 290 g/mol. The van der Waals surface area contributed by atoms with Gasteiger partial charge in [-0.3, -0.25) is 4.79 Å². The molecule has 3 N–H and O–H groups in total. The zero-order chi connectivity index (χ0) is 15.4. The minimum absolute atomic E-state index is 0.0326. The summed E-state index contributed by atoms with van der Waals surface area (Å²) in [4.78, 5) is 25.3. The molecule has 5 heteroatoms. The van der Waals surface area contributed by atoms with Crippen molar-refractivity contribution in [1.82, 2.24) is 4.90 Å². The lowest BCUT2D eigenvalue weighted by Crippen LogP contribution is -2.46. The molecule has 1 aliphatic heterocycles. The van der Waals surface area contributed by atoms with Gasteiger partial charge in [-0.25, -0.2) is 4.79 Å². The highest BCUT2D eigenvalue weighted by molar-refractivity contribution is 5.90. The van der Waals surface area contributed by atoms with Gasteiger partial charge >= 0.3 is 5.97 Å². The summed E-state index contributed by atoms with van der Waals surface area (Å²) in [6.07, 6.45) is 3.24. The summed E-state index contributed by atoms with van der Waals surface area (Å²) in [7, 11) is 0. The molecular formula is C16H22N2O3. The number of benzene rings is 1. The lowest BCUT2D eigenvalue weighted by molar-refractivity contribution is -0.133. The molecule has 0 spiro atoms. The van der Waals surface area contributed by atoms with Crippen LogP contribution in [0, 0.1) is 0 Å². The molecule has 0 saturated heterocycles. The maximum atomic E-state index is 12.3. The summed E-state index contributed by atoms with van der Waals surface area (Å²) < 4.78 is 0. The Labute approximate surface area is 124 Å². The molecule has 21 heavy (non-hydrogen) atoms. The van der Waals surface area contributed by atoms with Gasteiger partial charge in [0, 0.05) is 13.1 Å². The zero-order valence-corrected chi connectivity index (χ0v) is 12.3. The van der Waals surface area contributed by atoms with Gasteiger partial charge in [0.05, 0.1) is 11.6 Å². The summed E-state index contributed by atoms with van der Waals surface area (Å²) in [5.41, 5.74) is 8.05. The summed E-state index contributed by atoms with van der Waals surface area (Å²) in [6, 6.07) is 4.78. The van der Waals surface area contributed by atoms with Crippen LogP contribution in [0.3, 0.4) is 0 Å². The van der Waals surface area contributed by atoms with Crippen LogP contribution in [-0.2, 0) is 17.8 Å². The second kappa shape index (κ2) is 6.72. The number of nitrogens with zero attached hydrogens (tertiary/aromatic N) is 1. The highest BCUT2D eigenvalue weighted by Crippen LogP contribution is 2.23. The van der Waals surface area contributed by atoms with Crippen molar-refractivity contribution >= 4 is 11.9 Å². The third-order valence-electron chi connectivity index (χ3n) is 3.99. The Morgan fingerprint density at radius 2 is 2.19 bits per heavy atom. The van der Waals surface area contributed by atoms with Crippen molar-refractivity contribution in [1.29, 1.82) is 0 Å². The number of hydrogen-bond donors (Lipinski definition) is 2. The van der Waals surface area contributed by atoms with E-state index >= 15 is 0 Å². The van der Waals surface area contributed by atoms with E-state index < -0.39 is 12.0 Å². The molecule has 0 bridgehead atoms. The van der Waals surface area contributed by atoms with E-state index in [4.69, 9.17) is 5.73 Å². The Hall–Kier alpha value is -1.88. The van der Waals surface area contributed by atoms with Crippen LogP contribution in [0.1, 0.15) is 47.7 Å². The van der Waals surface area contributed by atoms with E-state index in [0.29, 0.717) is 31.5 Å². The van der Waals surface area contributed by atoms with Crippen LogP contribution >= 0.6 is 0 Å². The van der Waals surface area contributed by atoms with Crippen LogP contribution < -0.4 is 5.73 Å². The van der Waals surface area contributed by atoms with Crippen molar-refractivity contribution < 1.29 is 14.7 Å². The number of aromatic carboxylic acids is 1. The normalized spacial score (nSPS) is 15.4. The number of carbonyl (C=O) groups is 2. The highest BCUT2D eigenvalue weighted by Gasteiger charge is 2.26. The fraction of sp³-hybridized carbons (Fsp3) is 0.500. The molecule has 114 valence electrons. The number of amides is 1. The Morgan fingerprint density at radius 3 is 2.86 bits per heavy atom. The highest BCUT2D eigenvalue weighted by atomic mass is 16.4. The van der Waals surface area contributed by atoms with Crippen molar-refractivity contribution in [2.24, 2.45) is 5.73 Å². The Bertz CT molecular complexity index is 542. The molecule has 1 aromatic rings. The smallest absolute Gasteiger partial charge is 0.335 e. The molecule has 0 fully saturated rings. The van der Waals surface area contributed by atoms with Crippen molar-refractivity contribution in [3.63, 3.8) is 0 Å². The van der Waals surface area contributed by atoms with Crippen molar-refractivity contribution in [2.75, 3.05) is 6.54 Å². The van der Waals surface area contributed by atoms with Crippen LogP contribution in [0.5, 0.6) is 0 Å². The lowest BCUT2D eigenvalue weighted by atomic mass is 9.94. The van der Waals surface area contributed by atoms with Crippen LogP contribution in [0.25, 0.3) is 0 Å². The molecule has 0 radical (unpaired) electrons. The van der Waals surface area contributed by atoms with E-state index in [2.05, 4.69) is 6.92 Å². The molecule has 0 saturated carbocycles. The van der Waals surface area contributed by atoms with E-state index in [1.165, 1.54) is 0 Å². The number of fused-ring (bicyclic) bond motifs is 1. The predicted molar refractivity (Wildman–Crippen MR) is 80.0 cm³/mol. The first-order valence-corrected chi connectivity index (χ1v) is 7.43. The molecule has 1 amide bonds. The Kier molecular flexibility index (Phi) is 4.96. The Morgan fingerprint density at radius 1 is 1.43 bits per heavy atom. The second-order valence-corrected chi connectivity index (χ2v) is 5.51. The second-order valence-electron chi connectivity index (χ2n) is 5.51. The van der Waals surface area contributed by atoms with Crippen LogP contribution in [0.4, 0.5) is 0 Å². The van der Waals surface area contributed by atoms with Gasteiger partial charge in [-0.15, -0.1) is 0 Å². The largest absolute Gasteiger partial charge is 0.478 e. The fourth-order valence-electron chi connectivity index (χ4n) is 2.78. The quantitative estimate of drug-likeness (QED) is 0.866. The number of carboxylic acids is 1. The molecule has 0 unspecified atom stereocenters. The minimum Gasteiger partial charge on any atom is -0.478 e. The summed E-state index contributed by atoms with van der Waals surface area (Å²) in [5, 5.41) is 9.20. The molecule has 2 rings (SSSR count). The first kappa shape index (κ1) is 15.5. The van der Waals surface area contributed by atoms with E-state index in [-0.39, 0.29) is 5.91 Å². The van der Waals surface area contributed by atoms with Gasteiger partial charge in [0.15, 0.2) is 0 Å². The third-order valence-corrected chi connectivity index (χ3v) is 3.99. The van der Waals surface area contributed by atoms with Crippen molar-refractivity contribution in [2.45, 2.75) is 45.2 Å². The van der Waals surface area contributed by atoms with Gasteiger partial charge in [0.25, 0.3) is 0 Å². The molecule has 1 aromatic carbocycles. The third kappa shape index (κ3) is 3.42. The van der Waals surface area contributed by atoms with E-state index in [9.17, 15) is 14.7 Å². The molecule has 5 nitrogen and oxygen atoms in total. The number of unbranched alkanes of at least 4 members (excludes halogenated alkanes) is 1. The van der Waals surface area contributed by atoms with Crippen LogP contribution in [-0.4, -0.2) is 34.5 Å². The SMILES string of the molecule is CCCC[C@H](N)C(=O)N1CCc2c(cccc2C(=O)O)C1.